The molecule has 0 atom stereocenters. The first-order valence-electron chi connectivity index (χ1n) is 7.02. The van der Waals surface area contributed by atoms with E-state index in [4.69, 9.17) is 5.73 Å². The van der Waals surface area contributed by atoms with Crippen molar-refractivity contribution >= 4 is 22.4 Å². The summed E-state index contributed by atoms with van der Waals surface area (Å²) in [5.41, 5.74) is 8.89. The van der Waals surface area contributed by atoms with Crippen molar-refractivity contribution in [3.05, 3.63) is 24.5 Å². The maximum Gasteiger partial charge on any atom is 0.136 e. The monoisotopic (exact) mass is 254 g/mol. The SMILES string of the molecule is Nc1ncnc2cccc(N3CCC4(CC3)CC4)c12. The van der Waals surface area contributed by atoms with Crippen molar-refractivity contribution in [2.45, 2.75) is 25.7 Å². The number of nitrogens with zero attached hydrogens (tertiary/aromatic N) is 3. The van der Waals surface area contributed by atoms with Gasteiger partial charge in [0.1, 0.15) is 12.1 Å². The van der Waals surface area contributed by atoms with Crippen LogP contribution in [0.4, 0.5) is 11.5 Å². The van der Waals surface area contributed by atoms with E-state index in [9.17, 15) is 0 Å². The van der Waals surface area contributed by atoms with E-state index in [0.717, 1.165) is 24.0 Å². The van der Waals surface area contributed by atoms with E-state index in [-0.39, 0.29) is 0 Å². The maximum atomic E-state index is 6.05. The Hall–Kier alpha value is -1.84. The lowest BCUT2D eigenvalue weighted by molar-refractivity contribution is 0.385. The summed E-state index contributed by atoms with van der Waals surface area (Å²) < 4.78 is 0. The first kappa shape index (κ1) is 11.0. The van der Waals surface area contributed by atoms with Gasteiger partial charge in [-0.15, -0.1) is 0 Å². The van der Waals surface area contributed by atoms with Crippen LogP contribution in [0.15, 0.2) is 24.5 Å². The molecule has 19 heavy (non-hydrogen) atoms. The standard InChI is InChI=1S/C15H18N4/c16-14-13-11(17-10-18-14)2-1-3-12(13)19-8-6-15(4-5-15)7-9-19/h1-3,10H,4-9H2,(H2,16,17,18). The van der Waals surface area contributed by atoms with Crippen molar-refractivity contribution in [1.29, 1.82) is 0 Å². The molecule has 0 bridgehead atoms. The third-order valence-corrected chi connectivity index (χ3v) is 4.79. The molecule has 1 saturated carbocycles. The molecule has 4 rings (SSSR count). The predicted octanol–water partition coefficient (Wildman–Crippen LogP) is 2.59. The van der Waals surface area contributed by atoms with Crippen molar-refractivity contribution in [2.24, 2.45) is 5.41 Å². The van der Waals surface area contributed by atoms with Crippen molar-refractivity contribution < 1.29 is 0 Å². The summed E-state index contributed by atoms with van der Waals surface area (Å²) in [6.45, 7) is 2.26. The zero-order valence-electron chi connectivity index (χ0n) is 11.0. The summed E-state index contributed by atoms with van der Waals surface area (Å²) >= 11 is 0. The van der Waals surface area contributed by atoms with E-state index in [1.54, 1.807) is 0 Å². The molecule has 0 unspecified atom stereocenters. The lowest BCUT2D eigenvalue weighted by Crippen LogP contribution is -2.34. The predicted molar refractivity (Wildman–Crippen MR) is 77.1 cm³/mol. The van der Waals surface area contributed by atoms with Crippen LogP contribution in [0.5, 0.6) is 0 Å². The Morgan fingerprint density at radius 2 is 1.84 bits per heavy atom. The van der Waals surface area contributed by atoms with Crippen LogP contribution in [-0.4, -0.2) is 23.1 Å². The van der Waals surface area contributed by atoms with Gasteiger partial charge in [0.2, 0.25) is 0 Å². The first-order chi connectivity index (χ1) is 9.27. The normalized spacial score (nSPS) is 20.9. The molecule has 4 heteroatoms. The molecule has 0 radical (unpaired) electrons. The highest BCUT2D eigenvalue weighted by Gasteiger charge is 2.44. The number of piperidine rings is 1. The molecule has 1 spiro atoms. The summed E-state index contributed by atoms with van der Waals surface area (Å²) in [5.74, 6) is 0.590. The molecule has 2 aromatic rings. The Morgan fingerprint density at radius 3 is 2.58 bits per heavy atom. The van der Waals surface area contributed by atoms with Gasteiger partial charge in [-0.3, -0.25) is 0 Å². The van der Waals surface area contributed by atoms with Crippen LogP contribution in [0.3, 0.4) is 0 Å². The molecule has 2 fully saturated rings. The Morgan fingerprint density at radius 1 is 1.05 bits per heavy atom. The van der Waals surface area contributed by atoms with Crippen molar-refractivity contribution in [3.63, 3.8) is 0 Å². The van der Waals surface area contributed by atoms with Gasteiger partial charge in [0.25, 0.3) is 0 Å². The van der Waals surface area contributed by atoms with Gasteiger partial charge in [-0.05, 0) is 43.2 Å². The Bertz CT molecular complexity index is 618. The number of rotatable bonds is 1. The van der Waals surface area contributed by atoms with E-state index < -0.39 is 0 Å². The number of hydrogen-bond donors (Lipinski definition) is 1. The molecule has 1 aromatic heterocycles. The molecule has 1 saturated heterocycles. The van der Waals surface area contributed by atoms with E-state index in [1.165, 1.54) is 37.7 Å². The quantitative estimate of drug-likeness (QED) is 0.850. The molecule has 1 aliphatic carbocycles. The molecule has 1 aromatic carbocycles. The van der Waals surface area contributed by atoms with E-state index in [0.29, 0.717) is 11.2 Å². The summed E-state index contributed by atoms with van der Waals surface area (Å²) in [6.07, 6.45) is 7.04. The largest absolute Gasteiger partial charge is 0.383 e. The summed E-state index contributed by atoms with van der Waals surface area (Å²) in [4.78, 5) is 10.9. The third kappa shape index (κ3) is 1.74. The number of aromatic nitrogens is 2. The average molecular weight is 254 g/mol. The fraction of sp³-hybridized carbons (Fsp3) is 0.467. The summed E-state index contributed by atoms with van der Waals surface area (Å²) in [5, 5.41) is 1.01. The summed E-state index contributed by atoms with van der Waals surface area (Å²) in [7, 11) is 0. The van der Waals surface area contributed by atoms with Crippen LogP contribution >= 0.6 is 0 Å². The number of benzene rings is 1. The van der Waals surface area contributed by atoms with Gasteiger partial charge in [-0.25, -0.2) is 9.97 Å². The molecule has 1 aliphatic heterocycles. The Kier molecular flexibility index (Phi) is 2.22. The van der Waals surface area contributed by atoms with E-state index in [1.807, 2.05) is 6.07 Å². The number of anilines is 2. The third-order valence-electron chi connectivity index (χ3n) is 4.79. The number of nitrogens with two attached hydrogens (primary N) is 1. The van der Waals surface area contributed by atoms with Crippen LogP contribution in [-0.2, 0) is 0 Å². The second-order valence-electron chi connectivity index (χ2n) is 5.92. The van der Waals surface area contributed by atoms with Crippen LogP contribution in [0.1, 0.15) is 25.7 Å². The zero-order valence-corrected chi connectivity index (χ0v) is 11.0. The molecular formula is C15H18N4. The summed E-state index contributed by atoms with van der Waals surface area (Å²) in [6, 6.07) is 6.21. The van der Waals surface area contributed by atoms with Crippen LogP contribution in [0, 0.1) is 5.41 Å². The minimum absolute atomic E-state index is 0.590. The second-order valence-corrected chi connectivity index (χ2v) is 5.92. The highest BCUT2D eigenvalue weighted by Crippen LogP contribution is 2.54. The minimum atomic E-state index is 0.590. The van der Waals surface area contributed by atoms with Crippen LogP contribution in [0.2, 0.25) is 0 Å². The highest BCUT2D eigenvalue weighted by molar-refractivity contribution is 5.99. The van der Waals surface area contributed by atoms with Crippen molar-refractivity contribution in [3.8, 4) is 0 Å². The average Bonchev–Trinajstić information content (AvgIpc) is 3.19. The van der Waals surface area contributed by atoms with E-state index in [2.05, 4.69) is 27.0 Å². The smallest absolute Gasteiger partial charge is 0.136 e. The van der Waals surface area contributed by atoms with Gasteiger partial charge in [-0.1, -0.05) is 6.07 Å². The van der Waals surface area contributed by atoms with Gasteiger partial charge < -0.3 is 10.6 Å². The Balaban J connectivity index is 1.74. The van der Waals surface area contributed by atoms with Gasteiger partial charge in [0.15, 0.2) is 0 Å². The molecule has 2 N–H and O–H groups in total. The molecule has 2 aliphatic rings. The molecule has 4 nitrogen and oxygen atoms in total. The fourth-order valence-electron chi connectivity index (χ4n) is 3.28. The number of hydrogen-bond acceptors (Lipinski definition) is 4. The van der Waals surface area contributed by atoms with Gasteiger partial charge in [0, 0.05) is 18.8 Å². The first-order valence-corrected chi connectivity index (χ1v) is 7.02. The van der Waals surface area contributed by atoms with Gasteiger partial charge >= 0.3 is 0 Å². The van der Waals surface area contributed by atoms with Crippen molar-refractivity contribution in [2.75, 3.05) is 23.7 Å². The molecule has 0 amide bonds. The van der Waals surface area contributed by atoms with Crippen molar-refractivity contribution in [1.82, 2.24) is 9.97 Å². The number of fused-ring (bicyclic) bond motifs is 1. The lowest BCUT2D eigenvalue weighted by atomic mass is 9.93. The van der Waals surface area contributed by atoms with Crippen LogP contribution < -0.4 is 10.6 Å². The van der Waals surface area contributed by atoms with Gasteiger partial charge in [0.05, 0.1) is 10.9 Å². The van der Waals surface area contributed by atoms with E-state index >= 15 is 0 Å². The van der Waals surface area contributed by atoms with Crippen LogP contribution in [0.25, 0.3) is 10.9 Å². The molecular weight excluding hydrogens is 236 g/mol. The lowest BCUT2D eigenvalue weighted by Gasteiger charge is -2.34. The maximum absolute atomic E-state index is 6.05. The highest BCUT2D eigenvalue weighted by atomic mass is 15.1. The van der Waals surface area contributed by atoms with Gasteiger partial charge in [-0.2, -0.15) is 0 Å². The Labute approximate surface area is 112 Å². The topological polar surface area (TPSA) is 55.0 Å². The fourth-order valence-corrected chi connectivity index (χ4v) is 3.28. The molecule has 2 heterocycles. The number of nitrogen functional groups attached to an aromatic ring is 1. The zero-order chi connectivity index (χ0) is 12.9. The second kappa shape index (κ2) is 3.83. The minimum Gasteiger partial charge on any atom is -0.383 e. The molecule has 98 valence electrons.